The van der Waals surface area contributed by atoms with Crippen molar-refractivity contribution in [2.45, 2.75) is 19.5 Å². The molecule has 0 fully saturated rings. The van der Waals surface area contributed by atoms with E-state index in [4.69, 9.17) is 5.11 Å². The number of aromatic nitrogens is 1. The topological polar surface area (TPSA) is 70.5 Å². The van der Waals surface area contributed by atoms with Crippen molar-refractivity contribution in [3.8, 4) is 0 Å². The van der Waals surface area contributed by atoms with Crippen LogP contribution >= 0.6 is 15.9 Å². The highest BCUT2D eigenvalue weighted by atomic mass is 79.9. The van der Waals surface area contributed by atoms with Gasteiger partial charge < -0.3 is 10.0 Å². The van der Waals surface area contributed by atoms with Crippen LogP contribution in [-0.4, -0.2) is 32.9 Å². The summed E-state index contributed by atoms with van der Waals surface area (Å²) in [6.45, 7) is 1.75. The molecular formula is C10H9BrN2O3. The fraction of sp³-hybridized carbons (Fsp3) is 0.300. The fourth-order valence-corrected chi connectivity index (χ4v) is 1.94. The van der Waals surface area contributed by atoms with Gasteiger partial charge in [0.15, 0.2) is 0 Å². The van der Waals surface area contributed by atoms with Crippen LogP contribution in [0.2, 0.25) is 0 Å². The second-order valence-corrected chi connectivity index (χ2v) is 4.51. The molecule has 1 aliphatic heterocycles. The average molecular weight is 285 g/mol. The minimum atomic E-state index is -1.01. The van der Waals surface area contributed by atoms with E-state index in [-0.39, 0.29) is 12.5 Å². The Hall–Kier alpha value is -1.43. The summed E-state index contributed by atoms with van der Waals surface area (Å²) in [5.74, 6) is -1.29. The fourth-order valence-electron chi connectivity index (χ4n) is 1.61. The Bertz CT molecular complexity index is 475. The molecule has 1 aromatic heterocycles. The lowest BCUT2D eigenvalue weighted by atomic mass is 10.2. The third-order valence-electron chi connectivity index (χ3n) is 2.57. The first kappa shape index (κ1) is 11.1. The first-order chi connectivity index (χ1) is 7.50. The van der Waals surface area contributed by atoms with Crippen molar-refractivity contribution in [3.05, 3.63) is 28.0 Å². The van der Waals surface area contributed by atoms with Crippen LogP contribution in [0.4, 0.5) is 0 Å². The van der Waals surface area contributed by atoms with E-state index in [0.29, 0.717) is 15.7 Å². The van der Waals surface area contributed by atoms with E-state index in [2.05, 4.69) is 20.9 Å². The Kier molecular flexibility index (Phi) is 2.67. The number of carboxylic acids is 1. The first-order valence-corrected chi connectivity index (χ1v) is 5.48. The number of nitrogens with zero attached hydrogens (tertiary/aromatic N) is 2. The van der Waals surface area contributed by atoms with Crippen molar-refractivity contribution in [1.82, 2.24) is 9.88 Å². The lowest BCUT2D eigenvalue weighted by molar-refractivity contribution is -0.141. The standard InChI is InChI=1S/C10H9BrN2O3/c1-5(10(15)16)13-4-8-7(9(13)14)2-6(11)3-12-8/h2-3,5H,4H2,1H3,(H,15,16). The maximum atomic E-state index is 11.9. The summed E-state index contributed by atoms with van der Waals surface area (Å²) in [4.78, 5) is 28.1. The van der Waals surface area contributed by atoms with Gasteiger partial charge in [-0.1, -0.05) is 0 Å². The van der Waals surface area contributed by atoms with Crippen molar-refractivity contribution in [2.75, 3.05) is 0 Å². The molecule has 1 aliphatic rings. The highest BCUT2D eigenvalue weighted by molar-refractivity contribution is 9.10. The molecule has 2 rings (SSSR count). The molecule has 0 aromatic carbocycles. The first-order valence-electron chi connectivity index (χ1n) is 4.69. The smallest absolute Gasteiger partial charge is 0.326 e. The Labute approximate surface area is 100 Å². The normalized spacial score (nSPS) is 16.1. The molecule has 1 aromatic rings. The maximum absolute atomic E-state index is 11.9. The number of pyridine rings is 1. The molecule has 1 N–H and O–H groups in total. The van der Waals surface area contributed by atoms with Crippen molar-refractivity contribution < 1.29 is 14.7 Å². The average Bonchev–Trinajstić information content (AvgIpc) is 2.55. The monoisotopic (exact) mass is 284 g/mol. The molecule has 0 radical (unpaired) electrons. The lowest BCUT2D eigenvalue weighted by Crippen LogP contribution is -2.38. The maximum Gasteiger partial charge on any atom is 0.326 e. The summed E-state index contributed by atoms with van der Waals surface area (Å²) in [5, 5.41) is 8.87. The quantitative estimate of drug-likeness (QED) is 0.888. The number of hydrogen-bond acceptors (Lipinski definition) is 3. The van der Waals surface area contributed by atoms with Crippen LogP contribution in [0.1, 0.15) is 23.0 Å². The minimum Gasteiger partial charge on any atom is -0.480 e. The van der Waals surface area contributed by atoms with Crippen molar-refractivity contribution in [1.29, 1.82) is 0 Å². The lowest BCUT2D eigenvalue weighted by Gasteiger charge is -2.19. The largest absolute Gasteiger partial charge is 0.480 e. The van der Waals surface area contributed by atoms with E-state index < -0.39 is 12.0 Å². The molecule has 0 saturated carbocycles. The van der Waals surface area contributed by atoms with Crippen molar-refractivity contribution >= 4 is 27.8 Å². The third-order valence-corrected chi connectivity index (χ3v) is 3.01. The molecule has 5 nitrogen and oxygen atoms in total. The number of carbonyl (C=O) groups is 2. The Balaban J connectivity index is 2.34. The van der Waals surface area contributed by atoms with Crippen LogP contribution < -0.4 is 0 Å². The molecule has 0 saturated heterocycles. The zero-order valence-electron chi connectivity index (χ0n) is 8.48. The number of carbonyl (C=O) groups excluding carboxylic acids is 1. The number of rotatable bonds is 2. The van der Waals surface area contributed by atoms with Crippen molar-refractivity contribution in [3.63, 3.8) is 0 Å². The summed E-state index contributed by atoms with van der Waals surface area (Å²) >= 11 is 3.23. The van der Waals surface area contributed by atoms with Crippen LogP contribution in [0.25, 0.3) is 0 Å². The predicted octanol–water partition coefficient (Wildman–Crippen LogP) is 1.27. The molecule has 1 atom stereocenters. The Morgan fingerprint density at radius 1 is 1.69 bits per heavy atom. The van der Waals surface area contributed by atoms with E-state index >= 15 is 0 Å². The van der Waals surface area contributed by atoms with Crippen LogP contribution in [0.15, 0.2) is 16.7 Å². The molecule has 2 heterocycles. The Morgan fingerprint density at radius 3 is 3.00 bits per heavy atom. The van der Waals surface area contributed by atoms with Crippen molar-refractivity contribution in [2.24, 2.45) is 0 Å². The number of hydrogen-bond donors (Lipinski definition) is 1. The number of carboxylic acid groups (broad SMARTS) is 1. The molecule has 1 unspecified atom stereocenters. The zero-order chi connectivity index (χ0) is 11.9. The molecule has 0 spiro atoms. The van der Waals surface area contributed by atoms with Gasteiger partial charge in [-0.05, 0) is 28.9 Å². The Morgan fingerprint density at radius 2 is 2.38 bits per heavy atom. The molecule has 84 valence electrons. The second kappa shape index (κ2) is 3.86. The summed E-state index contributed by atoms with van der Waals surface area (Å²) in [6.07, 6.45) is 1.60. The van der Waals surface area contributed by atoms with Gasteiger partial charge in [-0.2, -0.15) is 0 Å². The van der Waals surface area contributed by atoms with Gasteiger partial charge in [0.05, 0.1) is 17.8 Å². The number of halogens is 1. The molecular weight excluding hydrogens is 276 g/mol. The van der Waals surface area contributed by atoms with Gasteiger partial charge >= 0.3 is 5.97 Å². The molecule has 1 amide bonds. The number of fused-ring (bicyclic) bond motifs is 1. The molecule has 0 aliphatic carbocycles. The van der Waals surface area contributed by atoms with Gasteiger partial charge in [0.1, 0.15) is 6.04 Å². The predicted molar refractivity (Wildman–Crippen MR) is 58.9 cm³/mol. The molecule has 0 bridgehead atoms. The summed E-state index contributed by atoms with van der Waals surface area (Å²) < 4.78 is 0.712. The van der Waals surface area contributed by atoms with Crippen LogP contribution in [0.3, 0.4) is 0 Å². The van der Waals surface area contributed by atoms with E-state index in [0.717, 1.165) is 0 Å². The van der Waals surface area contributed by atoms with Gasteiger partial charge in [-0.3, -0.25) is 9.78 Å². The molecule has 6 heteroatoms. The van der Waals surface area contributed by atoms with Gasteiger partial charge in [-0.15, -0.1) is 0 Å². The summed E-state index contributed by atoms with van der Waals surface area (Å²) in [6, 6.07) is 0.833. The van der Waals surface area contributed by atoms with Gasteiger partial charge in [0, 0.05) is 10.7 Å². The van der Waals surface area contributed by atoms with E-state index in [1.807, 2.05) is 0 Å². The van der Waals surface area contributed by atoms with E-state index in [1.54, 1.807) is 12.3 Å². The van der Waals surface area contributed by atoms with Gasteiger partial charge in [0.2, 0.25) is 0 Å². The third kappa shape index (κ3) is 1.69. The SMILES string of the molecule is CC(C(=O)O)N1Cc2ncc(Br)cc2C1=O. The zero-order valence-corrected chi connectivity index (χ0v) is 10.1. The summed E-state index contributed by atoms with van der Waals surface area (Å²) in [7, 11) is 0. The minimum absolute atomic E-state index is 0.259. The second-order valence-electron chi connectivity index (χ2n) is 3.60. The number of amides is 1. The van der Waals surface area contributed by atoms with Crippen LogP contribution in [-0.2, 0) is 11.3 Å². The highest BCUT2D eigenvalue weighted by Gasteiger charge is 2.34. The summed E-state index contributed by atoms with van der Waals surface area (Å²) in [5.41, 5.74) is 1.10. The van der Waals surface area contributed by atoms with E-state index in [9.17, 15) is 9.59 Å². The number of aliphatic carboxylic acids is 1. The van der Waals surface area contributed by atoms with Gasteiger partial charge in [-0.25, -0.2) is 4.79 Å². The van der Waals surface area contributed by atoms with Crippen LogP contribution in [0, 0.1) is 0 Å². The highest BCUT2D eigenvalue weighted by Crippen LogP contribution is 2.25. The molecule has 16 heavy (non-hydrogen) atoms. The van der Waals surface area contributed by atoms with E-state index in [1.165, 1.54) is 11.8 Å². The van der Waals surface area contributed by atoms with Crippen LogP contribution in [0.5, 0.6) is 0 Å². The van der Waals surface area contributed by atoms with Gasteiger partial charge in [0.25, 0.3) is 5.91 Å².